The molecule has 37 heavy (non-hydrogen) atoms. The molecule has 3 aromatic carbocycles. The SMILES string of the molecule is C/C=C/OC1C(OCc2ccccc2)[C@H](OCc2ccccc2)C(COCc2ccccc2)O[C@H]1SC. The van der Waals surface area contributed by atoms with Gasteiger partial charge in [-0.05, 0) is 29.9 Å². The van der Waals surface area contributed by atoms with E-state index in [1.165, 1.54) is 0 Å². The molecule has 5 nitrogen and oxygen atoms in total. The second kappa shape index (κ2) is 15.0. The maximum Gasteiger partial charge on any atom is 0.162 e. The predicted octanol–water partition coefficient (Wildman–Crippen LogP) is 6.38. The van der Waals surface area contributed by atoms with Gasteiger partial charge in [0.25, 0.3) is 0 Å². The minimum Gasteiger partial charge on any atom is -0.492 e. The van der Waals surface area contributed by atoms with Crippen LogP contribution in [0.5, 0.6) is 0 Å². The molecular formula is C31H36O5S. The number of hydrogen-bond acceptors (Lipinski definition) is 6. The van der Waals surface area contributed by atoms with Crippen LogP contribution in [-0.4, -0.2) is 42.7 Å². The third-order valence-electron chi connectivity index (χ3n) is 6.16. The van der Waals surface area contributed by atoms with Gasteiger partial charge in [-0.15, -0.1) is 11.8 Å². The second-order valence-corrected chi connectivity index (χ2v) is 9.81. The van der Waals surface area contributed by atoms with Crippen LogP contribution < -0.4 is 0 Å². The molecule has 0 N–H and O–H groups in total. The first-order chi connectivity index (χ1) is 18.3. The Hall–Kier alpha value is -2.61. The molecule has 0 spiro atoms. The van der Waals surface area contributed by atoms with Gasteiger partial charge >= 0.3 is 0 Å². The third kappa shape index (κ3) is 8.19. The van der Waals surface area contributed by atoms with Crippen LogP contribution >= 0.6 is 11.8 Å². The van der Waals surface area contributed by atoms with Crippen LogP contribution in [0, 0.1) is 0 Å². The molecule has 0 bridgehead atoms. The molecule has 196 valence electrons. The van der Waals surface area contributed by atoms with E-state index in [2.05, 4.69) is 36.4 Å². The van der Waals surface area contributed by atoms with Crippen molar-refractivity contribution < 1.29 is 23.7 Å². The fraction of sp³-hybridized carbons (Fsp3) is 0.355. The van der Waals surface area contributed by atoms with Gasteiger partial charge in [-0.3, -0.25) is 0 Å². The van der Waals surface area contributed by atoms with Gasteiger partial charge in [0.15, 0.2) is 6.10 Å². The number of allylic oxidation sites excluding steroid dienone is 1. The monoisotopic (exact) mass is 520 g/mol. The van der Waals surface area contributed by atoms with Gasteiger partial charge in [0.1, 0.15) is 23.7 Å². The lowest BCUT2D eigenvalue weighted by molar-refractivity contribution is -0.244. The summed E-state index contributed by atoms with van der Waals surface area (Å²) in [7, 11) is 0. The normalized spacial score (nSPS) is 23.8. The first-order valence-corrected chi connectivity index (χ1v) is 13.9. The molecule has 0 aromatic heterocycles. The third-order valence-corrected chi connectivity index (χ3v) is 7.00. The molecule has 0 aliphatic carbocycles. The molecule has 0 amide bonds. The van der Waals surface area contributed by atoms with Crippen molar-refractivity contribution in [1.29, 1.82) is 0 Å². The number of thioether (sulfide) groups is 1. The maximum absolute atomic E-state index is 6.57. The van der Waals surface area contributed by atoms with Crippen molar-refractivity contribution in [3.05, 3.63) is 120 Å². The standard InChI is InChI=1S/C31H36O5S/c1-3-19-33-30-29(35-22-26-17-11-6-12-18-26)28(34-21-25-15-9-5-10-16-25)27(36-31(30)37-2)23-32-20-24-13-7-4-8-14-24/h3-19,27-31H,20-23H2,1-2H3/b19-3+/t27?,28-,29?,30?,31+/m1/s1. The summed E-state index contributed by atoms with van der Waals surface area (Å²) in [6.45, 7) is 3.71. The van der Waals surface area contributed by atoms with Crippen molar-refractivity contribution in [2.24, 2.45) is 0 Å². The summed E-state index contributed by atoms with van der Waals surface area (Å²) < 4.78 is 32.0. The average molecular weight is 521 g/mol. The molecule has 1 saturated heterocycles. The summed E-state index contributed by atoms with van der Waals surface area (Å²) in [6.07, 6.45) is 4.18. The minimum absolute atomic E-state index is 0.237. The van der Waals surface area contributed by atoms with Gasteiger partial charge in [0, 0.05) is 0 Å². The molecule has 1 heterocycles. The number of ether oxygens (including phenoxy) is 5. The Labute approximate surface area is 224 Å². The van der Waals surface area contributed by atoms with Crippen molar-refractivity contribution in [1.82, 2.24) is 0 Å². The molecule has 0 saturated carbocycles. The molecule has 3 aromatic rings. The van der Waals surface area contributed by atoms with Gasteiger partial charge in [0.2, 0.25) is 0 Å². The quantitative estimate of drug-likeness (QED) is 0.244. The summed E-state index contributed by atoms with van der Waals surface area (Å²) in [5.74, 6) is 0. The van der Waals surface area contributed by atoms with Crippen LogP contribution in [0.2, 0.25) is 0 Å². The van der Waals surface area contributed by atoms with E-state index < -0.39 is 6.10 Å². The predicted molar refractivity (Wildman–Crippen MR) is 148 cm³/mol. The first kappa shape index (κ1) is 27.4. The zero-order valence-electron chi connectivity index (χ0n) is 21.5. The summed E-state index contributed by atoms with van der Waals surface area (Å²) in [5.41, 5.74) is 3.07. The van der Waals surface area contributed by atoms with Crippen LogP contribution in [-0.2, 0) is 43.5 Å². The summed E-state index contributed by atoms with van der Waals surface area (Å²) in [6, 6.07) is 30.5. The van der Waals surface area contributed by atoms with Gasteiger partial charge < -0.3 is 23.7 Å². The molecule has 6 heteroatoms. The van der Waals surface area contributed by atoms with E-state index in [1.807, 2.05) is 73.9 Å². The Morgan fingerprint density at radius 2 is 1.22 bits per heavy atom. The van der Waals surface area contributed by atoms with Gasteiger partial charge in [-0.2, -0.15) is 0 Å². The highest BCUT2D eigenvalue weighted by atomic mass is 32.2. The van der Waals surface area contributed by atoms with E-state index in [1.54, 1.807) is 18.0 Å². The van der Waals surface area contributed by atoms with Crippen molar-refractivity contribution in [3.8, 4) is 0 Å². The molecule has 3 unspecified atom stereocenters. The zero-order chi connectivity index (χ0) is 25.7. The Kier molecular flexibility index (Phi) is 11.1. The fourth-order valence-electron chi connectivity index (χ4n) is 4.31. The summed E-state index contributed by atoms with van der Waals surface area (Å²) >= 11 is 1.61. The minimum atomic E-state index is -0.390. The van der Waals surface area contributed by atoms with E-state index >= 15 is 0 Å². The van der Waals surface area contributed by atoms with E-state index in [-0.39, 0.29) is 23.7 Å². The Morgan fingerprint density at radius 1 is 0.703 bits per heavy atom. The molecule has 4 rings (SSSR count). The first-order valence-electron chi connectivity index (χ1n) is 12.7. The van der Waals surface area contributed by atoms with Gasteiger partial charge in [0.05, 0.1) is 32.7 Å². The Balaban J connectivity index is 1.55. The summed E-state index contributed by atoms with van der Waals surface area (Å²) in [5, 5.41) is 0. The molecule has 1 fully saturated rings. The van der Waals surface area contributed by atoms with E-state index in [0.717, 1.165) is 16.7 Å². The van der Waals surface area contributed by atoms with Gasteiger partial charge in [-0.1, -0.05) is 97.1 Å². The molecule has 0 radical (unpaired) electrons. The molecule has 1 aliphatic heterocycles. The van der Waals surface area contributed by atoms with Crippen molar-refractivity contribution >= 4 is 11.8 Å². The number of rotatable bonds is 13. The Morgan fingerprint density at radius 3 is 1.73 bits per heavy atom. The smallest absolute Gasteiger partial charge is 0.162 e. The van der Waals surface area contributed by atoms with Crippen molar-refractivity contribution in [2.75, 3.05) is 12.9 Å². The highest BCUT2D eigenvalue weighted by Gasteiger charge is 2.48. The van der Waals surface area contributed by atoms with E-state index in [9.17, 15) is 0 Å². The van der Waals surface area contributed by atoms with Crippen LogP contribution in [0.4, 0.5) is 0 Å². The number of hydrogen-bond donors (Lipinski definition) is 0. The van der Waals surface area contributed by atoms with Crippen LogP contribution in [0.3, 0.4) is 0 Å². The van der Waals surface area contributed by atoms with Crippen LogP contribution in [0.1, 0.15) is 23.6 Å². The Bertz CT molecular complexity index is 1050. The lowest BCUT2D eigenvalue weighted by atomic mass is 9.99. The average Bonchev–Trinajstić information content (AvgIpc) is 2.96. The van der Waals surface area contributed by atoms with Gasteiger partial charge in [-0.25, -0.2) is 0 Å². The topological polar surface area (TPSA) is 46.2 Å². The highest BCUT2D eigenvalue weighted by Crippen LogP contribution is 2.34. The lowest BCUT2D eigenvalue weighted by Gasteiger charge is -2.45. The number of benzene rings is 3. The van der Waals surface area contributed by atoms with Crippen LogP contribution in [0.15, 0.2) is 103 Å². The van der Waals surface area contributed by atoms with Crippen LogP contribution in [0.25, 0.3) is 0 Å². The molecule has 1 aliphatic rings. The van der Waals surface area contributed by atoms with E-state index in [4.69, 9.17) is 23.7 Å². The maximum atomic E-state index is 6.57. The van der Waals surface area contributed by atoms with Crippen molar-refractivity contribution in [2.45, 2.75) is 56.6 Å². The second-order valence-electron chi connectivity index (χ2n) is 8.87. The zero-order valence-corrected chi connectivity index (χ0v) is 22.3. The molecular weight excluding hydrogens is 484 g/mol. The van der Waals surface area contributed by atoms with Crippen molar-refractivity contribution in [3.63, 3.8) is 0 Å². The van der Waals surface area contributed by atoms with E-state index in [0.29, 0.717) is 26.4 Å². The fourth-order valence-corrected chi connectivity index (χ4v) is 5.05. The largest absolute Gasteiger partial charge is 0.492 e. The summed E-state index contributed by atoms with van der Waals surface area (Å²) in [4.78, 5) is 0. The molecule has 5 atom stereocenters. The highest BCUT2D eigenvalue weighted by molar-refractivity contribution is 7.99. The lowest BCUT2D eigenvalue weighted by Crippen LogP contribution is -2.60.